The van der Waals surface area contributed by atoms with E-state index in [-0.39, 0.29) is 0 Å². The third-order valence-corrected chi connectivity index (χ3v) is 2.49. The predicted octanol–water partition coefficient (Wildman–Crippen LogP) is 0.860. The number of hydrogen-bond donors (Lipinski definition) is 0. The number of nitrogens with zero attached hydrogens (tertiary/aromatic N) is 7. The monoisotopic (exact) mass is 241 g/mol. The van der Waals surface area contributed by atoms with Gasteiger partial charge in [-0.3, -0.25) is 4.57 Å². The number of aryl methyl sites for hydroxylation is 2. The first-order valence-electron chi connectivity index (χ1n) is 5.48. The number of hydrogen-bond acceptors (Lipinski definition) is 5. The van der Waals surface area contributed by atoms with Gasteiger partial charge in [0.25, 0.3) is 11.9 Å². The summed E-state index contributed by atoms with van der Waals surface area (Å²) in [6.07, 6.45) is 3.67. The van der Waals surface area contributed by atoms with E-state index >= 15 is 0 Å². The molecular weight excluding hydrogens is 230 g/mol. The van der Waals surface area contributed by atoms with Crippen molar-refractivity contribution in [3.8, 4) is 11.9 Å². The van der Waals surface area contributed by atoms with Crippen LogP contribution in [0.2, 0.25) is 0 Å². The smallest absolute Gasteiger partial charge is 0.289 e. The molecule has 3 rings (SSSR count). The zero-order valence-corrected chi connectivity index (χ0v) is 10.0. The van der Waals surface area contributed by atoms with Crippen LogP contribution in [0.5, 0.6) is 0 Å². The topological polar surface area (TPSA) is 74.3 Å². The van der Waals surface area contributed by atoms with Gasteiger partial charge in [-0.2, -0.15) is 5.10 Å². The average Bonchev–Trinajstić information content (AvgIpc) is 2.99. The molecule has 0 atom stereocenters. The van der Waals surface area contributed by atoms with Crippen LogP contribution in [-0.4, -0.2) is 34.7 Å². The van der Waals surface area contributed by atoms with Crippen molar-refractivity contribution in [3.05, 3.63) is 42.0 Å². The highest BCUT2D eigenvalue weighted by atomic mass is 15.5. The van der Waals surface area contributed by atoms with Gasteiger partial charge < -0.3 is 0 Å². The highest BCUT2D eigenvalue weighted by Gasteiger charge is 2.08. The molecule has 0 aliphatic rings. The predicted molar refractivity (Wildman–Crippen MR) is 63.5 cm³/mol. The van der Waals surface area contributed by atoms with Crippen LogP contribution in [0.15, 0.2) is 30.6 Å². The zero-order chi connectivity index (χ0) is 12.5. The summed E-state index contributed by atoms with van der Waals surface area (Å²) in [4.78, 5) is 0. The fourth-order valence-electron chi connectivity index (χ4n) is 1.71. The molecule has 0 spiro atoms. The maximum Gasteiger partial charge on any atom is 0.289 e. The standard InChI is InChI=1S/C11H11N7/c1-8-7-9(2)18(16-8)11-14-12-10(13-15-11)17-5-3-4-6-17/h3-7H,1-2H3. The van der Waals surface area contributed by atoms with E-state index in [0.29, 0.717) is 11.9 Å². The van der Waals surface area contributed by atoms with Gasteiger partial charge in [0.2, 0.25) is 0 Å². The number of aromatic nitrogens is 7. The Balaban J connectivity index is 1.99. The summed E-state index contributed by atoms with van der Waals surface area (Å²) < 4.78 is 3.36. The van der Waals surface area contributed by atoms with E-state index in [9.17, 15) is 0 Å². The highest BCUT2D eigenvalue weighted by molar-refractivity contribution is 5.17. The molecule has 0 saturated heterocycles. The van der Waals surface area contributed by atoms with Crippen LogP contribution >= 0.6 is 0 Å². The fraction of sp³-hybridized carbons (Fsp3) is 0.182. The molecule has 7 nitrogen and oxygen atoms in total. The molecule has 0 aliphatic carbocycles. The third-order valence-electron chi connectivity index (χ3n) is 2.49. The molecule has 0 N–H and O–H groups in total. The van der Waals surface area contributed by atoms with Gasteiger partial charge in [0, 0.05) is 18.1 Å². The van der Waals surface area contributed by atoms with E-state index in [2.05, 4.69) is 25.5 Å². The third kappa shape index (κ3) is 1.75. The lowest BCUT2D eigenvalue weighted by atomic mass is 10.4. The minimum atomic E-state index is 0.372. The van der Waals surface area contributed by atoms with Crippen LogP contribution in [0.4, 0.5) is 0 Å². The summed E-state index contributed by atoms with van der Waals surface area (Å²) >= 11 is 0. The first kappa shape index (κ1) is 10.6. The Bertz CT molecular complexity index is 651. The minimum absolute atomic E-state index is 0.372. The van der Waals surface area contributed by atoms with E-state index in [1.54, 1.807) is 9.25 Å². The molecule has 7 heteroatoms. The van der Waals surface area contributed by atoms with Crippen molar-refractivity contribution in [1.29, 1.82) is 0 Å². The van der Waals surface area contributed by atoms with E-state index in [0.717, 1.165) is 11.4 Å². The van der Waals surface area contributed by atoms with Gasteiger partial charge in [0.05, 0.1) is 5.69 Å². The van der Waals surface area contributed by atoms with Gasteiger partial charge in [0.1, 0.15) is 0 Å². The van der Waals surface area contributed by atoms with Gasteiger partial charge in [-0.15, -0.1) is 20.4 Å². The molecule has 3 heterocycles. The Labute approximate surface area is 103 Å². The fourth-order valence-corrected chi connectivity index (χ4v) is 1.71. The molecule has 0 saturated carbocycles. The maximum atomic E-state index is 4.28. The second kappa shape index (κ2) is 4.02. The summed E-state index contributed by atoms with van der Waals surface area (Å²) in [5.41, 5.74) is 1.86. The van der Waals surface area contributed by atoms with Crippen molar-refractivity contribution in [3.63, 3.8) is 0 Å². The zero-order valence-electron chi connectivity index (χ0n) is 10.0. The first-order chi connectivity index (χ1) is 8.74. The first-order valence-corrected chi connectivity index (χ1v) is 5.48. The SMILES string of the molecule is Cc1cc(C)n(-c2nnc(-n3cccc3)nn2)n1. The van der Waals surface area contributed by atoms with Crippen LogP contribution < -0.4 is 0 Å². The van der Waals surface area contributed by atoms with Crippen molar-refractivity contribution in [2.75, 3.05) is 0 Å². The summed E-state index contributed by atoms with van der Waals surface area (Å²) in [7, 11) is 0. The Morgan fingerprint density at radius 2 is 1.50 bits per heavy atom. The van der Waals surface area contributed by atoms with E-state index in [4.69, 9.17) is 0 Å². The van der Waals surface area contributed by atoms with Crippen LogP contribution in [0.1, 0.15) is 11.4 Å². The van der Waals surface area contributed by atoms with Crippen molar-refractivity contribution in [2.45, 2.75) is 13.8 Å². The van der Waals surface area contributed by atoms with Crippen molar-refractivity contribution >= 4 is 0 Å². The lowest BCUT2D eigenvalue weighted by molar-refractivity contribution is 0.689. The summed E-state index contributed by atoms with van der Waals surface area (Å²) in [6, 6.07) is 5.72. The molecule has 0 aromatic carbocycles. The molecule has 18 heavy (non-hydrogen) atoms. The van der Waals surface area contributed by atoms with Crippen LogP contribution in [0.25, 0.3) is 11.9 Å². The Hall–Kier alpha value is -2.57. The quantitative estimate of drug-likeness (QED) is 0.665. The number of rotatable bonds is 2. The minimum Gasteiger partial charge on any atom is -0.290 e. The Morgan fingerprint density at radius 3 is 2.06 bits per heavy atom. The normalized spacial score (nSPS) is 10.8. The molecule has 0 amide bonds. The largest absolute Gasteiger partial charge is 0.290 e. The van der Waals surface area contributed by atoms with Crippen LogP contribution in [0.3, 0.4) is 0 Å². The van der Waals surface area contributed by atoms with E-state index in [1.807, 2.05) is 44.4 Å². The van der Waals surface area contributed by atoms with Crippen molar-refractivity contribution in [1.82, 2.24) is 34.7 Å². The molecule has 3 aromatic heterocycles. The summed E-state index contributed by atoms with van der Waals surface area (Å²) in [6.45, 7) is 3.85. The Kier molecular flexibility index (Phi) is 2.36. The van der Waals surface area contributed by atoms with E-state index in [1.165, 1.54) is 0 Å². The van der Waals surface area contributed by atoms with Crippen molar-refractivity contribution in [2.24, 2.45) is 0 Å². The van der Waals surface area contributed by atoms with Gasteiger partial charge >= 0.3 is 0 Å². The van der Waals surface area contributed by atoms with E-state index < -0.39 is 0 Å². The average molecular weight is 241 g/mol. The maximum absolute atomic E-state index is 4.28. The molecule has 0 aliphatic heterocycles. The van der Waals surface area contributed by atoms with Gasteiger partial charge in [0.15, 0.2) is 0 Å². The molecule has 3 aromatic rings. The second-order valence-corrected chi connectivity index (χ2v) is 3.93. The van der Waals surface area contributed by atoms with Crippen molar-refractivity contribution < 1.29 is 0 Å². The van der Waals surface area contributed by atoms with Gasteiger partial charge in [-0.1, -0.05) is 0 Å². The molecule has 0 fully saturated rings. The molecule has 90 valence electrons. The van der Waals surface area contributed by atoms with Gasteiger partial charge in [-0.05, 0) is 32.0 Å². The van der Waals surface area contributed by atoms with Gasteiger partial charge in [-0.25, -0.2) is 4.68 Å². The highest BCUT2D eigenvalue weighted by Crippen LogP contribution is 2.06. The Morgan fingerprint density at radius 1 is 0.889 bits per heavy atom. The summed E-state index contributed by atoms with van der Waals surface area (Å²) in [5.74, 6) is 0.807. The molecule has 0 unspecified atom stereocenters. The summed E-state index contributed by atoms with van der Waals surface area (Å²) in [5, 5.41) is 20.4. The molecular formula is C11H11N7. The second-order valence-electron chi connectivity index (χ2n) is 3.93. The molecule has 0 bridgehead atoms. The van der Waals surface area contributed by atoms with Crippen LogP contribution in [0, 0.1) is 13.8 Å². The molecule has 0 radical (unpaired) electrons. The lowest BCUT2D eigenvalue weighted by Crippen LogP contribution is -2.11. The lowest BCUT2D eigenvalue weighted by Gasteiger charge is -2.01. The van der Waals surface area contributed by atoms with Crippen LogP contribution in [-0.2, 0) is 0 Å².